The molecule has 0 unspecified atom stereocenters. The summed E-state index contributed by atoms with van der Waals surface area (Å²) in [6.45, 7) is 0.741. The highest BCUT2D eigenvalue weighted by Crippen LogP contribution is 2.36. The lowest BCUT2D eigenvalue weighted by Gasteiger charge is -2.27. The molecule has 0 spiro atoms. The van der Waals surface area contributed by atoms with Crippen LogP contribution in [-0.4, -0.2) is 39.3 Å². The average Bonchev–Trinajstić information content (AvgIpc) is 3.10. The number of hydrogen-bond donors (Lipinski definition) is 1. The Hall–Kier alpha value is -2.96. The number of rotatable bonds is 6. The van der Waals surface area contributed by atoms with Gasteiger partial charge in [-0.1, -0.05) is 12.1 Å². The van der Waals surface area contributed by atoms with Crippen molar-refractivity contribution < 1.29 is 9.53 Å². The van der Waals surface area contributed by atoms with E-state index < -0.39 is 0 Å². The van der Waals surface area contributed by atoms with E-state index in [-0.39, 0.29) is 5.91 Å². The van der Waals surface area contributed by atoms with Gasteiger partial charge in [0, 0.05) is 31.9 Å². The second-order valence-electron chi connectivity index (χ2n) is 7.78. The van der Waals surface area contributed by atoms with E-state index in [1.54, 1.807) is 19.5 Å². The van der Waals surface area contributed by atoms with Gasteiger partial charge in [-0.3, -0.25) is 4.79 Å². The highest BCUT2D eigenvalue weighted by atomic mass is 16.5. The van der Waals surface area contributed by atoms with Crippen LogP contribution < -0.4 is 10.1 Å². The van der Waals surface area contributed by atoms with Crippen LogP contribution in [-0.2, 0) is 18.3 Å². The molecule has 1 N–H and O–H groups in total. The second-order valence-corrected chi connectivity index (χ2v) is 7.78. The highest BCUT2D eigenvalue weighted by molar-refractivity contribution is 5.78. The molecule has 0 atom stereocenters. The van der Waals surface area contributed by atoms with Crippen LogP contribution in [0.25, 0.3) is 11.2 Å². The number of fused-ring (bicyclic) bond motifs is 1. The Morgan fingerprint density at radius 1 is 1.14 bits per heavy atom. The van der Waals surface area contributed by atoms with Gasteiger partial charge >= 0.3 is 0 Å². The van der Waals surface area contributed by atoms with Crippen molar-refractivity contribution in [1.29, 1.82) is 0 Å². The van der Waals surface area contributed by atoms with Crippen LogP contribution in [0.5, 0.6) is 5.75 Å². The molecule has 1 aliphatic rings. The molecule has 7 heteroatoms. The summed E-state index contributed by atoms with van der Waals surface area (Å²) in [7, 11) is 3.56. The Kier molecular flexibility index (Phi) is 5.74. The number of aryl methyl sites for hydroxylation is 1. The normalized spacial score (nSPS) is 19.2. The summed E-state index contributed by atoms with van der Waals surface area (Å²) in [6, 6.07) is 7.64. The third-order valence-electron chi connectivity index (χ3n) is 5.83. The molecule has 2 heterocycles. The predicted molar refractivity (Wildman–Crippen MR) is 111 cm³/mol. The maximum Gasteiger partial charge on any atom is 0.224 e. The largest absolute Gasteiger partial charge is 0.497 e. The van der Waals surface area contributed by atoms with Crippen molar-refractivity contribution in [2.45, 2.75) is 38.0 Å². The van der Waals surface area contributed by atoms with Crippen LogP contribution >= 0.6 is 0 Å². The first-order valence-corrected chi connectivity index (χ1v) is 10.2. The van der Waals surface area contributed by atoms with E-state index in [0.29, 0.717) is 18.3 Å². The summed E-state index contributed by atoms with van der Waals surface area (Å²) in [5, 5.41) is 7.79. The molecule has 29 heavy (non-hydrogen) atoms. The monoisotopic (exact) mass is 393 g/mol. The molecular formula is C22H27N5O2. The van der Waals surface area contributed by atoms with Gasteiger partial charge in [-0.25, -0.2) is 14.6 Å². The molecule has 0 aliphatic heterocycles. The summed E-state index contributed by atoms with van der Waals surface area (Å²) < 4.78 is 6.98. The number of benzene rings is 1. The van der Waals surface area contributed by atoms with Gasteiger partial charge in [-0.2, -0.15) is 5.10 Å². The number of carbonyl (C=O) groups excluding carboxylic acids is 1. The van der Waals surface area contributed by atoms with Gasteiger partial charge in [-0.15, -0.1) is 0 Å². The minimum absolute atomic E-state index is 0.0725. The fourth-order valence-corrected chi connectivity index (χ4v) is 4.17. The average molecular weight is 393 g/mol. The number of hydrogen-bond acceptors (Lipinski definition) is 5. The van der Waals surface area contributed by atoms with Gasteiger partial charge in [0.1, 0.15) is 11.3 Å². The molecular weight excluding hydrogens is 366 g/mol. The first-order valence-electron chi connectivity index (χ1n) is 10.2. The van der Waals surface area contributed by atoms with E-state index >= 15 is 0 Å². The maximum absolute atomic E-state index is 12.3. The Balaban J connectivity index is 1.27. The third-order valence-corrected chi connectivity index (χ3v) is 5.83. The van der Waals surface area contributed by atoms with Crippen LogP contribution in [0.15, 0.2) is 36.7 Å². The van der Waals surface area contributed by atoms with Crippen molar-refractivity contribution in [2.24, 2.45) is 13.0 Å². The van der Waals surface area contributed by atoms with Crippen molar-refractivity contribution in [2.75, 3.05) is 13.7 Å². The topological polar surface area (TPSA) is 81.9 Å². The second kappa shape index (κ2) is 8.59. The third kappa shape index (κ3) is 4.39. The first-order chi connectivity index (χ1) is 14.1. The molecule has 7 nitrogen and oxygen atoms in total. The number of nitrogens with zero attached hydrogens (tertiary/aromatic N) is 4. The molecule has 0 bridgehead atoms. The van der Waals surface area contributed by atoms with Crippen molar-refractivity contribution in [3.05, 3.63) is 47.9 Å². The summed E-state index contributed by atoms with van der Waals surface area (Å²) in [6.07, 6.45) is 8.16. The van der Waals surface area contributed by atoms with Gasteiger partial charge in [0.15, 0.2) is 5.65 Å². The summed E-state index contributed by atoms with van der Waals surface area (Å²) in [5.74, 6) is 1.81. The van der Waals surface area contributed by atoms with Crippen molar-refractivity contribution in [3.8, 4) is 5.75 Å². The van der Waals surface area contributed by atoms with E-state index in [4.69, 9.17) is 4.74 Å². The molecule has 152 valence electrons. The predicted octanol–water partition coefficient (Wildman–Crippen LogP) is 3.00. The van der Waals surface area contributed by atoms with Crippen LogP contribution in [0.2, 0.25) is 0 Å². The Bertz CT molecular complexity index is 975. The highest BCUT2D eigenvalue weighted by Gasteiger charge is 2.27. The summed E-state index contributed by atoms with van der Waals surface area (Å²) in [4.78, 5) is 21.2. The smallest absolute Gasteiger partial charge is 0.224 e. The molecule has 1 fully saturated rings. The zero-order valence-electron chi connectivity index (χ0n) is 17.0. The quantitative estimate of drug-likeness (QED) is 0.696. The maximum atomic E-state index is 12.3. The minimum atomic E-state index is 0.0725. The summed E-state index contributed by atoms with van der Waals surface area (Å²) in [5.41, 5.74) is 3.83. The fraction of sp³-hybridized carbons (Fsp3) is 0.455. The number of amides is 1. The Morgan fingerprint density at radius 3 is 2.59 bits per heavy atom. The Morgan fingerprint density at radius 2 is 1.86 bits per heavy atom. The van der Waals surface area contributed by atoms with E-state index in [9.17, 15) is 4.79 Å². The zero-order valence-corrected chi connectivity index (χ0v) is 17.0. The van der Waals surface area contributed by atoms with Crippen molar-refractivity contribution in [1.82, 2.24) is 25.1 Å². The van der Waals surface area contributed by atoms with Crippen LogP contribution in [0.3, 0.4) is 0 Å². The molecule has 1 saturated carbocycles. The van der Waals surface area contributed by atoms with Gasteiger partial charge in [0.25, 0.3) is 0 Å². The number of methoxy groups -OCH3 is 1. The summed E-state index contributed by atoms with van der Waals surface area (Å²) >= 11 is 0. The van der Waals surface area contributed by atoms with E-state index in [2.05, 4.69) is 20.4 Å². The first kappa shape index (κ1) is 19.4. The minimum Gasteiger partial charge on any atom is -0.497 e. The lowest BCUT2D eigenvalue weighted by molar-refractivity contribution is -0.120. The SMILES string of the molecule is COc1ccc(CC(=O)NCC2CCC(c3nn(C)c4nccnc34)CC2)cc1. The molecule has 1 aliphatic carbocycles. The number of nitrogens with one attached hydrogen (secondary N) is 1. The number of ether oxygens (including phenoxy) is 1. The number of aromatic nitrogens is 4. The standard InChI is InChI=1S/C22H27N5O2/c1-27-22-21(23-11-12-24-22)20(26-27)17-7-3-16(4-8-17)14-25-19(28)13-15-5-9-18(29-2)10-6-15/h5-6,9-12,16-17H,3-4,7-8,13-14H2,1-2H3,(H,25,28). The van der Waals surface area contributed by atoms with Gasteiger partial charge in [-0.05, 0) is 49.3 Å². The molecule has 3 aromatic rings. The Labute approximate surface area is 170 Å². The van der Waals surface area contributed by atoms with Gasteiger partial charge in [0.05, 0.1) is 19.2 Å². The molecule has 2 aromatic heterocycles. The van der Waals surface area contributed by atoms with Gasteiger partial charge < -0.3 is 10.1 Å². The molecule has 1 aromatic carbocycles. The molecule has 1 amide bonds. The van der Waals surface area contributed by atoms with Crippen LogP contribution in [0.1, 0.15) is 42.9 Å². The van der Waals surface area contributed by atoms with E-state index in [1.807, 2.05) is 36.0 Å². The van der Waals surface area contributed by atoms with E-state index in [1.165, 1.54) is 0 Å². The lowest BCUT2D eigenvalue weighted by atomic mass is 9.80. The zero-order chi connectivity index (χ0) is 20.2. The van der Waals surface area contributed by atoms with Crippen LogP contribution in [0, 0.1) is 5.92 Å². The fourth-order valence-electron chi connectivity index (χ4n) is 4.17. The molecule has 0 radical (unpaired) electrons. The lowest BCUT2D eigenvalue weighted by Crippen LogP contribution is -2.32. The van der Waals surface area contributed by atoms with Crippen molar-refractivity contribution in [3.63, 3.8) is 0 Å². The van der Waals surface area contributed by atoms with E-state index in [0.717, 1.165) is 60.4 Å². The van der Waals surface area contributed by atoms with Gasteiger partial charge in [0.2, 0.25) is 5.91 Å². The van der Waals surface area contributed by atoms with Crippen LogP contribution in [0.4, 0.5) is 0 Å². The number of carbonyl (C=O) groups is 1. The molecule has 4 rings (SSSR count). The molecule has 0 saturated heterocycles. The van der Waals surface area contributed by atoms with Crippen molar-refractivity contribution >= 4 is 17.1 Å².